The van der Waals surface area contributed by atoms with Crippen molar-refractivity contribution >= 4 is 11.9 Å². The maximum atomic E-state index is 13.9. The molecule has 0 atom stereocenters. The number of likely N-dealkylation sites (N-methyl/N-ethyl adjacent to an activating group) is 1. The van der Waals surface area contributed by atoms with Crippen molar-refractivity contribution in [2.45, 2.75) is 12.5 Å². The van der Waals surface area contributed by atoms with Gasteiger partial charge in [-0.2, -0.15) is 0 Å². The number of ether oxygens (including phenoxy) is 3. The van der Waals surface area contributed by atoms with Gasteiger partial charge < -0.3 is 19.1 Å². The summed E-state index contributed by atoms with van der Waals surface area (Å²) in [6.45, 7) is -0.254. The fourth-order valence-corrected chi connectivity index (χ4v) is 3.66. The fourth-order valence-electron chi connectivity index (χ4n) is 3.66. The summed E-state index contributed by atoms with van der Waals surface area (Å²) < 4.78 is 30.1. The van der Waals surface area contributed by atoms with Gasteiger partial charge in [-0.25, -0.2) is 4.39 Å². The van der Waals surface area contributed by atoms with E-state index in [-0.39, 0.29) is 12.3 Å². The highest BCUT2D eigenvalue weighted by atomic mass is 19.1. The van der Waals surface area contributed by atoms with Crippen LogP contribution in [0.2, 0.25) is 0 Å². The van der Waals surface area contributed by atoms with E-state index in [9.17, 15) is 14.0 Å². The molecule has 0 spiro atoms. The van der Waals surface area contributed by atoms with Crippen LogP contribution in [-0.2, 0) is 20.9 Å². The predicted molar refractivity (Wildman–Crippen MR) is 115 cm³/mol. The summed E-state index contributed by atoms with van der Waals surface area (Å²) in [5.74, 6) is -0.836. The Hall–Kier alpha value is -3.87. The van der Waals surface area contributed by atoms with Gasteiger partial charge in [-0.1, -0.05) is 42.5 Å². The average molecular weight is 435 g/mol. The minimum atomic E-state index is -0.690. The van der Waals surface area contributed by atoms with Crippen molar-refractivity contribution in [3.63, 3.8) is 0 Å². The second-order valence-electron chi connectivity index (χ2n) is 7.44. The Morgan fingerprint density at radius 2 is 1.62 bits per heavy atom. The smallest absolute Gasteiger partial charge is 0.318 e. The Morgan fingerprint density at radius 1 is 1.00 bits per heavy atom. The number of carbonyl (C=O) groups is 2. The Bertz CT molecular complexity index is 1120. The van der Waals surface area contributed by atoms with Crippen LogP contribution in [0.5, 0.6) is 17.2 Å². The lowest BCUT2D eigenvalue weighted by Crippen LogP contribution is -2.32. The normalized spacial score (nSPS) is 12.2. The zero-order valence-corrected chi connectivity index (χ0v) is 17.7. The third-order valence-corrected chi connectivity index (χ3v) is 5.32. The van der Waals surface area contributed by atoms with Crippen molar-refractivity contribution in [2.75, 3.05) is 20.8 Å². The molecule has 6 nitrogen and oxygen atoms in total. The molecule has 1 amide bonds. The minimum absolute atomic E-state index is 0.133. The first kappa shape index (κ1) is 21.4. The molecule has 7 heteroatoms. The number of nitrogens with zero attached hydrogens (tertiary/aromatic N) is 1. The van der Waals surface area contributed by atoms with Crippen molar-refractivity contribution in [3.8, 4) is 17.2 Å². The molecule has 3 aromatic carbocycles. The minimum Gasteiger partial charge on any atom is -0.494 e. The third-order valence-electron chi connectivity index (χ3n) is 5.32. The molecular weight excluding hydrogens is 413 g/mol. The van der Waals surface area contributed by atoms with E-state index >= 15 is 0 Å². The van der Waals surface area contributed by atoms with E-state index < -0.39 is 30.2 Å². The van der Waals surface area contributed by atoms with Gasteiger partial charge in [0.15, 0.2) is 18.2 Å². The SMILES string of the molecule is COc1ccc(CN(C)C(=O)COC(=O)C2c3ccccc3Oc3ccccc32)cc1F. The number of methoxy groups -OCH3 is 1. The number of esters is 1. The van der Waals surface area contributed by atoms with Crippen LogP contribution in [-0.4, -0.2) is 37.5 Å². The monoisotopic (exact) mass is 435 g/mol. The van der Waals surface area contributed by atoms with Crippen molar-refractivity contribution in [1.29, 1.82) is 0 Å². The molecule has 32 heavy (non-hydrogen) atoms. The summed E-state index contributed by atoms with van der Waals surface area (Å²) in [6.07, 6.45) is 0. The van der Waals surface area contributed by atoms with Crippen molar-refractivity contribution in [1.82, 2.24) is 4.90 Å². The number of hydrogen-bond acceptors (Lipinski definition) is 5. The number of rotatable bonds is 6. The zero-order chi connectivity index (χ0) is 22.7. The number of benzene rings is 3. The lowest BCUT2D eigenvalue weighted by molar-refractivity contribution is -0.152. The van der Waals surface area contributed by atoms with Gasteiger partial charge in [0, 0.05) is 24.7 Å². The topological polar surface area (TPSA) is 65.1 Å². The van der Waals surface area contributed by atoms with E-state index in [0.717, 1.165) is 0 Å². The third kappa shape index (κ3) is 4.27. The van der Waals surface area contributed by atoms with Gasteiger partial charge in [0.25, 0.3) is 5.91 Å². The highest BCUT2D eigenvalue weighted by Gasteiger charge is 2.34. The van der Waals surface area contributed by atoms with Gasteiger partial charge in [-0.05, 0) is 29.8 Å². The molecule has 0 radical (unpaired) electrons. The van der Waals surface area contributed by atoms with Crippen LogP contribution >= 0.6 is 0 Å². The Kier molecular flexibility index (Phi) is 6.07. The van der Waals surface area contributed by atoms with E-state index in [1.54, 1.807) is 25.2 Å². The van der Waals surface area contributed by atoms with Crippen molar-refractivity contribution in [2.24, 2.45) is 0 Å². The fraction of sp³-hybridized carbons (Fsp3) is 0.200. The van der Waals surface area contributed by atoms with Crippen molar-refractivity contribution < 1.29 is 28.2 Å². The first-order valence-corrected chi connectivity index (χ1v) is 10.1. The number of amides is 1. The maximum absolute atomic E-state index is 13.9. The molecule has 4 rings (SSSR count). The van der Waals surface area contributed by atoms with Crippen LogP contribution in [0, 0.1) is 5.82 Å². The molecule has 0 aromatic heterocycles. The molecule has 0 N–H and O–H groups in total. The van der Waals surface area contributed by atoms with E-state index in [1.807, 2.05) is 36.4 Å². The largest absolute Gasteiger partial charge is 0.494 e. The van der Waals surface area contributed by atoms with Crippen LogP contribution < -0.4 is 9.47 Å². The van der Waals surface area contributed by atoms with Gasteiger partial charge >= 0.3 is 5.97 Å². The number of para-hydroxylation sites is 2. The first-order valence-electron chi connectivity index (χ1n) is 10.1. The Labute approximate surface area is 185 Å². The molecule has 0 saturated carbocycles. The highest BCUT2D eigenvalue weighted by molar-refractivity contribution is 5.87. The summed E-state index contributed by atoms with van der Waals surface area (Å²) in [4.78, 5) is 26.9. The highest BCUT2D eigenvalue weighted by Crippen LogP contribution is 2.44. The lowest BCUT2D eigenvalue weighted by atomic mass is 9.88. The molecule has 1 aliphatic rings. The van der Waals surface area contributed by atoms with Gasteiger partial charge in [-0.3, -0.25) is 9.59 Å². The second-order valence-corrected chi connectivity index (χ2v) is 7.44. The molecule has 0 fully saturated rings. The Morgan fingerprint density at radius 3 is 2.22 bits per heavy atom. The van der Waals surface area contributed by atoms with Crippen molar-refractivity contribution in [3.05, 3.63) is 89.2 Å². The number of hydrogen-bond donors (Lipinski definition) is 0. The van der Waals surface area contributed by atoms with Gasteiger partial charge in [0.05, 0.1) is 7.11 Å². The summed E-state index contributed by atoms with van der Waals surface area (Å²) in [5, 5.41) is 0. The second kappa shape index (κ2) is 9.09. The van der Waals surface area contributed by atoms with Crippen LogP contribution in [0.25, 0.3) is 0 Å². The van der Waals surface area contributed by atoms with Gasteiger partial charge in [0.1, 0.15) is 17.4 Å². The summed E-state index contributed by atoms with van der Waals surface area (Å²) >= 11 is 0. The summed E-state index contributed by atoms with van der Waals surface area (Å²) in [5.41, 5.74) is 1.97. The van der Waals surface area contributed by atoms with Gasteiger partial charge in [-0.15, -0.1) is 0 Å². The predicted octanol–water partition coefficient (Wildman–Crippen LogP) is 4.27. The summed E-state index contributed by atoms with van der Waals surface area (Å²) in [7, 11) is 2.95. The standard InChI is InChI=1S/C25H22FNO5/c1-27(14-16-11-12-22(30-2)19(26)13-16)23(28)15-31-25(29)24-17-7-3-5-9-20(17)32-21-10-6-4-8-18(21)24/h3-13,24H,14-15H2,1-2H3. The lowest BCUT2D eigenvalue weighted by Gasteiger charge is -2.27. The number of halogens is 1. The van der Waals surface area contributed by atoms with Gasteiger partial charge in [0.2, 0.25) is 0 Å². The first-order chi connectivity index (χ1) is 15.5. The Balaban J connectivity index is 1.44. The van der Waals surface area contributed by atoms with E-state index in [4.69, 9.17) is 14.2 Å². The quantitative estimate of drug-likeness (QED) is 0.541. The van der Waals surface area contributed by atoms with Crippen LogP contribution in [0.1, 0.15) is 22.6 Å². The maximum Gasteiger partial charge on any atom is 0.318 e. The van der Waals surface area contributed by atoms with Crippen LogP contribution in [0.3, 0.4) is 0 Å². The molecule has 164 valence electrons. The zero-order valence-electron chi connectivity index (χ0n) is 17.7. The molecule has 3 aromatic rings. The number of fused-ring (bicyclic) bond motifs is 2. The van der Waals surface area contributed by atoms with E-state index in [1.165, 1.54) is 24.1 Å². The van der Waals surface area contributed by atoms with Crippen LogP contribution in [0.4, 0.5) is 4.39 Å². The molecule has 1 heterocycles. The summed E-state index contributed by atoms with van der Waals surface area (Å²) in [6, 6.07) is 19.0. The molecule has 1 aliphatic heterocycles. The molecular formula is C25H22FNO5. The average Bonchev–Trinajstić information content (AvgIpc) is 2.80. The van der Waals surface area contributed by atoms with E-state index in [0.29, 0.717) is 28.2 Å². The van der Waals surface area contributed by atoms with Crippen LogP contribution in [0.15, 0.2) is 66.7 Å². The van der Waals surface area contributed by atoms with E-state index in [2.05, 4.69) is 0 Å². The number of carbonyl (C=O) groups excluding carboxylic acids is 2. The molecule has 0 aliphatic carbocycles. The molecule has 0 bridgehead atoms. The molecule has 0 saturated heterocycles. The molecule has 0 unspecified atom stereocenters.